The molecule has 694 valence electrons. The summed E-state index contributed by atoms with van der Waals surface area (Å²) in [4.78, 5) is 77.1. The maximum atomic E-state index is 13.1. The van der Waals surface area contributed by atoms with Crippen LogP contribution in [-0.4, -0.2) is 214 Å². The maximum Gasteiger partial charge on any atom is 0.446 e. The highest BCUT2D eigenvalue weighted by Gasteiger charge is 2.34. The number of nitrogens with one attached hydrogen (secondary N) is 2. The largest absolute Gasteiger partial charge is 0.497 e. The Morgan fingerprint density at radius 3 is 1.29 bits per heavy atom. The Morgan fingerprint density at radius 1 is 0.543 bits per heavy atom. The van der Waals surface area contributed by atoms with E-state index in [9.17, 15) is 37.1 Å². The molecule has 2 amide bonds. The molecule has 35 heteroatoms. The number of halogens is 3. The second-order valence-corrected chi connectivity index (χ2v) is 33.9. The van der Waals surface area contributed by atoms with Crippen molar-refractivity contribution >= 4 is 69.6 Å². The first-order valence-electron chi connectivity index (χ1n) is 42.9. The zero-order valence-electron chi connectivity index (χ0n) is 76.0. The minimum absolute atomic E-state index is 0. The van der Waals surface area contributed by atoms with Crippen LogP contribution in [0.5, 0.6) is 46.0 Å². The molecule has 6 aromatic carbocycles. The molecule has 0 bridgehead atoms. The van der Waals surface area contributed by atoms with Gasteiger partial charge in [-0.3, -0.25) is 38.3 Å². The van der Waals surface area contributed by atoms with E-state index >= 15 is 0 Å². The molecule has 32 nitrogen and oxygen atoms in total. The van der Waals surface area contributed by atoms with Crippen LogP contribution >= 0.6 is 0 Å². The number of esters is 2. The predicted molar refractivity (Wildman–Crippen MR) is 482 cm³/mol. The third-order valence-corrected chi connectivity index (χ3v) is 20.4. The molecular formula is C94H121F3N16O16. The molecule has 2 saturated heterocycles. The van der Waals surface area contributed by atoms with Gasteiger partial charge < -0.3 is 68.2 Å². The number of aliphatic carboxylic acids is 1. The quantitative estimate of drug-likeness (QED) is 0.0153. The van der Waals surface area contributed by atoms with Gasteiger partial charge in [-0.15, -0.1) is 10.2 Å². The van der Waals surface area contributed by atoms with Crippen molar-refractivity contribution in [1.29, 1.82) is 0 Å². The number of methoxy groups -OCH3 is 2. The summed E-state index contributed by atoms with van der Waals surface area (Å²) in [7, 11) is 7.43. The molecule has 129 heavy (non-hydrogen) atoms. The summed E-state index contributed by atoms with van der Waals surface area (Å²) < 4.78 is 96.5. The number of nitrogens with zero attached hydrogens (tertiary/aromatic N) is 14. The van der Waals surface area contributed by atoms with Gasteiger partial charge in [-0.1, -0.05) is 80.2 Å². The number of fused-ring (bicyclic) bond motifs is 2. The molecule has 14 rings (SSSR count). The number of carboxylic acids is 1. The van der Waals surface area contributed by atoms with Gasteiger partial charge in [0.05, 0.1) is 83.7 Å². The molecule has 6 heterocycles. The number of anilines is 2. The molecule has 0 unspecified atom stereocenters. The van der Waals surface area contributed by atoms with Gasteiger partial charge in [-0.2, -0.15) is 23.4 Å². The summed E-state index contributed by atoms with van der Waals surface area (Å²) in [6, 6.07) is 43.7. The first-order valence-corrected chi connectivity index (χ1v) is 42.2. The molecule has 2 aliphatic heterocycles. The summed E-state index contributed by atoms with van der Waals surface area (Å²) in [6.07, 6.45) is 10.2. The summed E-state index contributed by atoms with van der Waals surface area (Å²) in [5, 5.41) is 43.2. The monoisotopic (exact) mass is 1790 g/mol. The van der Waals surface area contributed by atoms with E-state index in [0.717, 1.165) is 70.4 Å². The Balaban J connectivity index is 0.000000240. The fraction of sp³-hybridized carbons (Fsp3) is 0.447. The lowest BCUT2D eigenvalue weighted by Gasteiger charge is -2.24. The summed E-state index contributed by atoms with van der Waals surface area (Å²) in [6.45, 7) is 23.8. The third kappa shape index (κ3) is 30.6. The molecule has 2 atom stereocenters. The van der Waals surface area contributed by atoms with Gasteiger partial charge in [-0.25, -0.2) is 19.0 Å². The van der Waals surface area contributed by atoms with E-state index in [1.807, 2.05) is 182 Å². The minimum atomic E-state index is -4.64. The van der Waals surface area contributed by atoms with Gasteiger partial charge in [0, 0.05) is 77.0 Å². The minimum Gasteiger partial charge on any atom is -0.497 e. The van der Waals surface area contributed by atoms with Crippen molar-refractivity contribution in [2.75, 3.05) is 78.2 Å². The Morgan fingerprint density at radius 2 is 0.922 bits per heavy atom. The highest BCUT2D eigenvalue weighted by molar-refractivity contribution is 5.97. The lowest BCUT2D eigenvalue weighted by atomic mass is 9.97. The van der Waals surface area contributed by atoms with E-state index in [-0.39, 0.29) is 70.1 Å². The number of hydrogen-bond acceptors (Lipinski definition) is 25. The van der Waals surface area contributed by atoms with Crippen LogP contribution in [0.3, 0.4) is 0 Å². The van der Waals surface area contributed by atoms with E-state index in [1.165, 1.54) is 41.1 Å². The number of carboxylic acid groups (broad SMARTS) is 1. The number of amides is 2. The number of likely N-dealkylation sites (N-methyl/N-ethyl adjacent to an activating group) is 2. The molecular weight excluding hydrogens is 1670 g/mol. The normalized spacial score (nSPS) is 15.1. The van der Waals surface area contributed by atoms with Crippen molar-refractivity contribution in [3.63, 3.8) is 0 Å². The van der Waals surface area contributed by atoms with Gasteiger partial charge >= 0.3 is 30.2 Å². The number of aldehydes is 1. The average Bonchev–Trinajstić information content (AvgIpc) is 1.62. The van der Waals surface area contributed by atoms with Gasteiger partial charge in [0.15, 0.2) is 25.1 Å². The first-order chi connectivity index (χ1) is 61.5. The van der Waals surface area contributed by atoms with Crippen LogP contribution < -0.4 is 39.1 Å². The Labute approximate surface area is 751 Å². The fourth-order valence-corrected chi connectivity index (χ4v) is 13.2. The van der Waals surface area contributed by atoms with Crippen LogP contribution in [0.4, 0.5) is 29.6 Å². The second kappa shape index (κ2) is 46.1. The SMILES string of the molecule is C.CN(C/C=C/C(=O)O)C1CC1.COc1ccc(Cn2nc(N[C@@H]3CCN(C(=O)/C=C/CN(C)C4CC4)C3)c3c(Oc4ccc(OCc5cnnn5COC(=O)C(C)(C)C)cc4)cccc32)cc1.COc1ccc(Cn2nc(N[C@@H]3CCN(C(=O)OC(C)(C)C)C3)c3c(Oc4ccc(OCc5cnnn5COC(=O)C(C)(C)C)cc4)cccc32)cc1.O=CC(F)(F)F.[2H]CC. The molecule has 2 saturated carbocycles. The summed E-state index contributed by atoms with van der Waals surface area (Å²) in [5.74, 6) is 5.18. The lowest BCUT2D eigenvalue weighted by molar-refractivity contribution is -0.158. The number of hydrogen-bond donors (Lipinski definition) is 3. The number of ether oxygens (including phenoxy) is 9. The van der Waals surface area contributed by atoms with Crippen molar-refractivity contribution < 1.29 is 91.0 Å². The Hall–Kier alpha value is -13.1. The molecule has 4 fully saturated rings. The van der Waals surface area contributed by atoms with E-state index in [2.05, 4.69) is 48.1 Å². The molecule has 4 aliphatic rings. The number of rotatable bonds is 32. The predicted octanol–water partition coefficient (Wildman–Crippen LogP) is 16.4. The van der Waals surface area contributed by atoms with E-state index < -0.39 is 34.9 Å². The molecule has 0 spiro atoms. The molecule has 3 N–H and O–H groups in total. The van der Waals surface area contributed by atoms with Crippen LogP contribution in [-0.2, 0) is 77.9 Å². The van der Waals surface area contributed by atoms with Gasteiger partial charge in [0.2, 0.25) is 12.2 Å². The number of benzene rings is 6. The number of alkyl halides is 3. The van der Waals surface area contributed by atoms with Crippen LogP contribution in [0, 0.1) is 10.8 Å². The fourth-order valence-electron chi connectivity index (χ4n) is 13.2. The number of carbonyl (C=O) groups is 6. The van der Waals surface area contributed by atoms with Crippen molar-refractivity contribution in [3.05, 3.63) is 193 Å². The van der Waals surface area contributed by atoms with Crippen LogP contribution in [0.15, 0.2) is 170 Å². The molecule has 2 aliphatic carbocycles. The topological polar surface area (TPSA) is 340 Å². The zero-order chi connectivity index (χ0) is 93.2. The van der Waals surface area contributed by atoms with Crippen molar-refractivity contribution in [3.8, 4) is 46.0 Å². The van der Waals surface area contributed by atoms with Gasteiger partial charge in [0.1, 0.15) is 64.8 Å². The summed E-state index contributed by atoms with van der Waals surface area (Å²) >= 11 is 0. The number of carbonyl (C=O) groups excluding carboxylic acids is 5. The smallest absolute Gasteiger partial charge is 0.446 e. The standard InChI is InChI=1S/C42H50N8O6.C39H47N7O7.C8H13NO2.C2HF3O.C2H6.CH4/c1-42(2,3)41(52)55-28-50-32(24-43-46-50)27-54-34-17-19-35(20-18-34)56-37-9-6-8-36-39(37)40(45-49(36)25-29-11-15-33(53-5)16-12-29)44-30-21-23-48(26-30)38(51)10-7-22-47(4)31-13-14-31;1-38(2,3)36(47)51-25-46-28(21-40-43-46)24-50-30-15-17-31(18-16-30)52-33-10-8-9-32-34(33)35(42-45(32)22-26-11-13-29(49-7)14-12-26)41-27-19-20-44(23-27)37(48)53-39(4,5)6;1-9(7-4-5-7)6-2-3-8(10)11;3-2(4,5)1-6;1-2;/h6-12,15-20,24,30-31H,13-14,21-23,25-28H2,1-5H3,(H,44,45);8-18,21,27H,19-20,22-25H2,1-7H3,(H,41,42);2-3,7H,4-6H2,1H3,(H,10,11);1H;1-2H3;1H4/b10-7+;;3-2+;;;/t30-;27-;;;;/m11..../s1/i;;;;1D;. The number of aromatic nitrogens is 10. The highest BCUT2D eigenvalue weighted by Crippen LogP contribution is 2.40. The Kier molecular flexibility index (Phi) is 35.1. The van der Waals surface area contributed by atoms with Crippen LogP contribution in [0.1, 0.15) is 146 Å². The molecule has 4 aromatic heterocycles. The Bertz CT molecular complexity index is 5380. The lowest BCUT2D eigenvalue weighted by Crippen LogP contribution is -2.36. The zero-order valence-corrected chi connectivity index (χ0v) is 75.0. The van der Waals surface area contributed by atoms with E-state index in [1.54, 1.807) is 92.1 Å². The first kappa shape index (κ1) is 98.1. The van der Waals surface area contributed by atoms with Crippen LogP contribution in [0.25, 0.3) is 21.8 Å². The van der Waals surface area contributed by atoms with E-state index in [0.29, 0.717) is 116 Å². The third-order valence-electron chi connectivity index (χ3n) is 20.4. The van der Waals surface area contributed by atoms with Gasteiger partial charge in [-0.05, 0) is 223 Å². The van der Waals surface area contributed by atoms with E-state index in [4.69, 9.17) is 64.1 Å². The summed E-state index contributed by atoms with van der Waals surface area (Å²) in [5.41, 5.74) is 3.44. The van der Waals surface area contributed by atoms with Crippen molar-refractivity contribution in [2.45, 2.75) is 198 Å². The van der Waals surface area contributed by atoms with Gasteiger partial charge in [0.25, 0.3) is 0 Å². The molecule has 10 aromatic rings. The van der Waals surface area contributed by atoms with Crippen LogP contribution in [0.2, 0.25) is 0 Å². The highest BCUT2D eigenvalue weighted by atomic mass is 19.4. The number of likely N-dealkylation sites (tertiary alicyclic amines) is 2. The second-order valence-electron chi connectivity index (χ2n) is 33.9. The molecule has 0 radical (unpaired) electrons. The maximum absolute atomic E-state index is 13.1. The van der Waals surface area contributed by atoms with Crippen molar-refractivity contribution in [1.82, 2.24) is 69.1 Å². The van der Waals surface area contributed by atoms with Crippen molar-refractivity contribution in [2.24, 2.45) is 10.8 Å². The average molecular weight is 1790 g/mol.